The average Bonchev–Trinajstić information content (AvgIpc) is 2.91. The van der Waals surface area contributed by atoms with Crippen LogP contribution in [0.4, 0.5) is 8.78 Å². The summed E-state index contributed by atoms with van der Waals surface area (Å²) < 4.78 is 36.1. The van der Waals surface area contributed by atoms with Crippen LogP contribution < -0.4 is 0 Å². The van der Waals surface area contributed by atoms with Gasteiger partial charge in [0.25, 0.3) is 0 Å². The first kappa shape index (κ1) is 17.0. The molecule has 3 heterocycles. The molecule has 1 saturated heterocycles. The number of halogens is 3. The second-order valence-electron chi connectivity index (χ2n) is 5.57. The Labute approximate surface area is 155 Å². The van der Waals surface area contributed by atoms with Crippen molar-refractivity contribution < 1.29 is 13.5 Å². The SMILES string of the molecule is CSc1ncnn1C[C@]1(c2ccc(F)cc2F)OC1c1ccsc1Cl. The Morgan fingerprint density at radius 3 is 2.92 bits per heavy atom. The highest BCUT2D eigenvalue weighted by Gasteiger charge is 2.61. The number of aromatic nitrogens is 3. The molecule has 0 spiro atoms. The molecule has 1 aromatic carbocycles. The van der Waals surface area contributed by atoms with Gasteiger partial charge in [-0.15, -0.1) is 11.3 Å². The molecule has 1 unspecified atom stereocenters. The number of epoxide rings is 1. The van der Waals surface area contributed by atoms with E-state index >= 15 is 0 Å². The summed E-state index contributed by atoms with van der Waals surface area (Å²) in [6, 6.07) is 5.37. The third-order valence-corrected chi connectivity index (χ3v) is 6.04. The number of rotatable bonds is 5. The molecule has 9 heteroatoms. The molecule has 3 aromatic rings. The molecule has 25 heavy (non-hydrogen) atoms. The lowest BCUT2D eigenvalue weighted by atomic mass is 9.92. The van der Waals surface area contributed by atoms with Gasteiger partial charge in [0.2, 0.25) is 0 Å². The van der Waals surface area contributed by atoms with Gasteiger partial charge in [0, 0.05) is 17.2 Å². The zero-order valence-electron chi connectivity index (χ0n) is 12.9. The Hall–Kier alpha value is -1.48. The smallest absolute Gasteiger partial charge is 0.185 e. The minimum atomic E-state index is -0.999. The normalized spacial score (nSPS) is 22.3. The Bertz CT molecular complexity index is 932. The number of ether oxygens (including phenoxy) is 1. The number of hydrogen-bond acceptors (Lipinski definition) is 5. The quantitative estimate of drug-likeness (QED) is 0.462. The highest BCUT2D eigenvalue weighted by molar-refractivity contribution is 7.98. The molecule has 1 aliphatic heterocycles. The maximum absolute atomic E-state index is 14.5. The van der Waals surface area contributed by atoms with Crippen LogP contribution in [0.25, 0.3) is 0 Å². The summed E-state index contributed by atoms with van der Waals surface area (Å²) >= 11 is 9.05. The lowest BCUT2D eigenvalue weighted by molar-refractivity contribution is 0.250. The second-order valence-corrected chi connectivity index (χ2v) is 7.86. The van der Waals surface area contributed by atoms with Crippen LogP contribution >= 0.6 is 34.7 Å². The first-order valence-electron chi connectivity index (χ1n) is 7.33. The zero-order valence-corrected chi connectivity index (χ0v) is 15.3. The molecule has 0 amide bonds. The monoisotopic (exact) mass is 399 g/mol. The highest BCUT2D eigenvalue weighted by atomic mass is 35.5. The predicted octanol–water partition coefficient (Wildman–Crippen LogP) is 4.66. The first-order chi connectivity index (χ1) is 12.0. The van der Waals surface area contributed by atoms with Crippen molar-refractivity contribution in [3.8, 4) is 0 Å². The molecular weight excluding hydrogens is 388 g/mol. The predicted molar refractivity (Wildman–Crippen MR) is 93.0 cm³/mol. The largest absolute Gasteiger partial charge is 0.354 e. The van der Waals surface area contributed by atoms with Gasteiger partial charge in [-0.05, 0) is 23.8 Å². The molecule has 1 aliphatic rings. The minimum absolute atomic E-state index is 0.253. The van der Waals surface area contributed by atoms with Crippen LogP contribution in [0.1, 0.15) is 17.2 Å². The third-order valence-electron chi connectivity index (χ3n) is 4.16. The van der Waals surface area contributed by atoms with Gasteiger partial charge >= 0.3 is 0 Å². The summed E-state index contributed by atoms with van der Waals surface area (Å²) in [6.07, 6.45) is 2.90. The average molecular weight is 400 g/mol. The van der Waals surface area contributed by atoms with Crippen LogP contribution in [-0.2, 0) is 16.9 Å². The zero-order chi connectivity index (χ0) is 17.6. The Morgan fingerprint density at radius 1 is 1.40 bits per heavy atom. The number of thiophene rings is 1. The van der Waals surface area contributed by atoms with Crippen LogP contribution in [0.2, 0.25) is 4.34 Å². The van der Waals surface area contributed by atoms with Gasteiger partial charge in [-0.3, -0.25) is 0 Å². The number of nitrogens with zero attached hydrogens (tertiary/aromatic N) is 3. The molecule has 1 fully saturated rings. The summed E-state index contributed by atoms with van der Waals surface area (Å²) in [5.41, 5.74) is 0.0747. The summed E-state index contributed by atoms with van der Waals surface area (Å²) in [4.78, 5) is 4.16. The number of thioether (sulfide) groups is 1. The topological polar surface area (TPSA) is 43.2 Å². The second kappa shape index (κ2) is 6.35. The summed E-state index contributed by atoms with van der Waals surface area (Å²) in [5, 5.41) is 6.74. The van der Waals surface area contributed by atoms with Crippen molar-refractivity contribution in [2.24, 2.45) is 0 Å². The molecule has 2 aromatic heterocycles. The van der Waals surface area contributed by atoms with E-state index in [0.717, 1.165) is 11.6 Å². The summed E-state index contributed by atoms with van der Waals surface area (Å²) in [5.74, 6) is -1.28. The van der Waals surface area contributed by atoms with Crippen molar-refractivity contribution in [1.29, 1.82) is 0 Å². The van der Waals surface area contributed by atoms with Crippen molar-refractivity contribution in [1.82, 2.24) is 14.8 Å². The van der Waals surface area contributed by atoms with E-state index in [9.17, 15) is 8.78 Å². The van der Waals surface area contributed by atoms with Gasteiger partial charge in [-0.2, -0.15) is 5.10 Å². The molecule has 2 atom stereocenters. The van der Waals surface area contributed by atoms with E-state index in [2.05, 4.69) is 10.1 Å². The molecule has 0 radical (unpaired) electrons. The lowest BCUT2D eigenvalue weighted by Crippen LogP contribution is -2.22. The van der Waals surface area contributed by atoms with Crippen molar-refractivity contribution in [3.05, 3.63) is 63.1 Å². The third kappa shape index (κ3) is 2.87. The van der Waals surface area contributed by atoms with E-state index in [1.165, 1.54) is 41.6 Å². The number of benzene rings is 1. The van der Waals surface area contributed by atoms with Crippen LogP contribution in [0.3, 0.4) is 0 Å². The van der Waals surface area contributed by atoms with Gasteiger partial charge in [-0.1, -0.05) is 29.4 Å². The van der Waals surface area contributed by atoms with Crippen LogP contribution in [0.15, 0.2) is 41.1 Å². The minimum Gasteiger partial charge on any atom is -0.354 e. The molecule has 0 N–H and O–H groups in total. The van der Waals surface area contributed by atoms with E-state index in [1.54, 1.807) is 4.68 Å². The summed E-state index contributed by atoms with van der Waals surface area (Å²) in [7, 11) is 0. The van der Waals surface area contributed by atoms with Gasteiger partial charge in [-0.25, -0.2) is 18.4 Å². The molecule has 130 valence electrons. The lowest BCUT2D eigenvalue weighted by Gasteiger charge is -2.16. The molecule has 0 saturated carbocycles. The fourth-order valence-electron chi connectivity index (χ4n) is 2.97. The molecule has 0 aliphatic carbocycles. The van der Waals surface area contributed by atoms with E-state index in [4.69, 9.17) is 16.3 Å². The Kier molecular flexibility index (Phi) is 4.31. The Morgan fingerprint density at radius 2 is 2.24 bits per heavy atom. The molecular formula is C16H12ClF2N3OS2. The highest BCUT2D eigenvalue weighted by Crippen LogP contribution is 2.60. The van der Waals surface area contributed by atoms with Gasteiger partial charge in [0.15, 0.2) is 5.16 Å². The van der Waals surface area contributed by atoms with Crippen molar-refractivity contribution in [2.45, 2.75) is 23.4 Å². The fraction of sp³-hybridized carbons (Fsp3) is 0.250. The van der Waals surface area contributed by atoms with Crippen molar-refractivity contribution in [2.75, 3.05) is 6.26 Å². The van der Waals surface area contributed by atoms with E-state index in [-0.39, 0.29) is 12.1 Å². The fourth-order valence-corrected chi connectivity index (χ4v) is 4.40. The molecule has 4 rings (SSSR count). The van der Waals surface area contributed by atoms with Gasteiger partial charge in [0.05, 0.1) is 10.9 Å². The molecule has 4 nitrogen and oxygen atoms in total. The maximum Gasteiger partial charge on any atom is 0.185 e. The van der Waals surface area contributed by atoms with E-state index in [1.807, 2.05) is 17.7 Å². The van der Waals surface area contributed by atoms with Crippen LogP contribution in [0, 0.1) is 11.6 Å². The standard InChI is InChI=1S/C16H12ClF2N3OS2/c1-24-15-20-8-21-22(15)7-16(11-3-2-9(18)6-12(11)19)13(23-16)10-4-5-25-14(10)17/h2-6,8,13H,7H2,1H3/t13?,16-/m1/s1. The van der Waals surface area contributed by atoms with Crippen molar-refractivity contribution in [3.63, 3.8) is 0 Å². The van der Waals surface area contributed by atoms with Crippen LogP contribution in [-0.4, -0.2) is 21.0 Å². The van der Waals surface area contributed by atoms with Gasteiger partial charge in [0.1, 0.15) is 29.7 Å². The van der Waals surface area contributed by atoms with Crippen LogP contribution in [0.5, 0.6) is 0 Å². The summed E-state index contributed by atoms with van der Waals surface area (Å²) in [6.45, 7) is 0.253. The maximum atomic E-state index is 14.5. The van der Waals surface area contributed by atoms with Crippen molar-refractivity contribution >= 4 is 34.7 Å². The van der Waals surface area contributed by atoms with E-state index in [0.29, 0.717) is 9.49 Å². The first-order valence-corrected chi connectivity index (χ1v) is 9.81. The molecule has 0 bridgehead atoms. The Balaban J connectivity index is 1.78. The van der Waals surface area contributed by atoms with Gasteiger partial charge < -0.3 is 4.74 Å². The number of hydrogen-bond donors (Lipinski definition) is 0. The van der Waals surface area contributed by atoms with E-state index < -0.39 is 23.3 Å².